The fraction of sp³-hybridized carbons (Fsp3) is 0.391. The number of rotatable bonds is 9. The van der Waals surface area contributed by atoms with Gasteiger partial charge in [0.25, 0.3) is 15.9 Å². The largest absolute Gasteiger partial charge is 0.497 e. The summed E-state index contributed by atoms with van der Waals surface area (Å²) in [4.78, 5) is 24.6. The fourth-order valence-electron chi connectivity index (χ4n) is 3.65. The van der Waals surface area contributed by atoms with Crippen LogP contribution in [0, 0.1) is 5.92 Å². The van der Waals surface area contributed by atoms with Crippen molar-refractivity contribution in [2.24, 2.45) is 5.92 Å². The van der Waals surface area contributed by atoms with Crippen LogP contribution < -0.4 is 20.1 Å². The maximum Gasteiger partial charge on any atom is 0.261 e. The number of amides is 2. The summed E-state index contributed by atoms with van der Waals surface area (Å²) in [6.07, 6.45) is 5.20. The third kappa shape index (κ3) is 6.46. The molecule has 2 aromatic carbocycles. The summed E-state index contributed by atoms with van der Waals surface area (Å²) in [5.74, 6) is 0.316. The van der Waals surface area contributed by atoms with Crippen LogP contribution in [-0.2, 0) is 14.8 Å². The molecule has 0 saturated heterocycles. The molecule has 172 valence electrons. The number of sulfonamides is 1. The Morgan fingerprint density at radius 1 is 0.969 bits per heavy atom. The number of benzene rings is 2. The van der Waals surface area contributed by atoms with E-state index in [0.717, 1.165) is 25.7 Å². The number of carbonyl (C=O) groups is 2. The number of methoxy groups -OCH3 is 1. The standard InChI is InChI=1S/C23H29N3O5S/c1-31-20-12-10-19(11-13-20)26-32(29,30)21-9-5-8-18(16-21)23(28)25-15-14-24-22(27)17-6-3-2-4-7-17/h5,8-13,16-17,26H,2-4,6-7,14-15H2,1H3,(H,24,27)(H,25,28). The summed E-state index contributed by atoms with van der Waals surface area (Å²) in [6, 6.07) is 12.3. The minimum atomic E-state index is -3.87. The van der Waals surface area contributed by atoms with Gasteiger partial charge in [-0.1, -0.05) is 25.3 Å². The molecule has 3 rings (SSSR count). The van der Waals surface area contributed by atoms with Crippen LogP contribution in [0.25, 0.3) is 0 Å². The number of anilines is 1. The number of hydrogen-bond donors (Lipinski definition) is 3. The highest BCUT2D eigenvalue weighted by Gasteiger charge is 2.20. The van der Waals surface area contributed by atoms with Crippen LogP contribution in [0.4, 0.5) is 5.69 Å². The zero-order valence-corrected chi connectivity index (χ0v) is 18.9. The molecule has 0 atom stereocenters. The van der Waals surface area contributed by atoms with Gasteiger partial charge in [0.05, 0.1) is 12.0 Å². The number of hydrogen-bond acceptors (Lipinski definition) is 5. The molecule has 0 heterocycles. The molecule has 0 radical (unpaired) electrons. The second kappa shape index (κ2) is 11.0. The lowest BCUT2D eigenvalue weighted by atomic mass is 9.89. The van der Waals surface area contributed by atoms with E-state index in [1.165, 1.54) is 31.7 Å². The second-order valence-electron chi connectivity index (χ2n) is 7.74. The smallest absolute Gasteiger partial charge is 0.261 e. The fourth-order valence-corrected chi connectivity index (χ4v) is 4.75. The van der Waals surface area contributed by atoms with Gasteiger partial charge in [0, 0.05) is 30.3 Å². The molecular weight excluding hydrogens is 430 g/mol. The van der Waals surface area contributed by atoms with E-state index in [4.69, 9.17) is 4.74 Å². The van der Waals surface area contributed by atoms with Crippen LogP contribution in [0.15, 0.2) is 53.4 Å². The Bertz CT molecular complexity index is 1030. The lowest BCUT2D eigenvalue weighted by molar-refractivity contribution is -0.125. The summed E-state index contributed by atoms with van der Waals surface area (Å²) < 4.78 is 32.9. The summed E-state index contributed by atoms with van der Waals surface area (Å²) in [5, 5.41) is 5.58. The molecular formula is C23H29N3O5S. The molecule has 8 nitrogen and oxygen atoms in total. The van der Waals surface area contributed by atoms with Crippen LogP contribution in [0.3, 0.4) is 0 Å². The van der Waals surface area contributed by atoms with Crippen molar-refractivity contribution in [2.45, 2.75) is 37.0 Å². The number of carbonyl (C=O) groups excluding carboxylic acids is 2. The Labute approximate surface area is 188 Å². The van der Waals surface area contributed by atoms with Crippen molar-refractivity contribution in [2.75, 3.05) is 24.9 Å². The van der Waals surface area contributed by atoms with E-state index in [9.17, 15) is 18.0 Å². The highest BCUT2D eigenvalue weighted by Crippen LogP contribution is 2.23. The van der Waals surface area contributed by atoms with E-state index in [1.807, 2.05) is 0 Å². The maximum atomic E-state index is 12.7. The van der Waals surface area contributed by atoms with Crippen molar-refractivity contribution >= 4 is 27.5 Å². The van der Waals surface area contributed by atoms with Crippen molar-refractivity contribution < 1.29 is 22.7 Å². The van der Waals surface area contributed by atoms with Crippen molar-refractivity contribution in [1.29, 1.82) is 0 Å². The first-order chi connectivity index (χ1) is 15.4. The summed E-state index contributed by atoms with van der Waals surface area (Å²) in [5.41, 5.74) is 0.607. The number of ether oxygens (including phenoxy) is 1. The van der Waals surface area contributed by atoms with Gasteiger partial charge >= 0.3 is 0 Å². The van der Waals surface area contributed by atoms with Crippen molar-refractivity contribution in [1.82, 2.24) is 10.6 Å². The molecule has 1 fully saturated rings. The highest BCUT2D eigenvalue weighted by molar-refractivity contribution is 7.92. The van der Waals surface area contributed by atoms with Crippen LogP contribution in [-0.4, -0.2) is 40.4 Å². The average Bonchev–Trinajstić information content (AvgIpc) is 2.82. The van der Waals surface area contributed by atoms with E-state index >= 15 is 0 Å². The van der Waals surface area contributed by atoms with Gasteiger partial charge < -0.3 is 15.4 Å². The van der Waals surface area contributed by atoms with Crippen molar-refractivity contribution in [3.63, 3.8) is 0 Å². The van der Waals surface area contributed by atoms with Crippen LogP contribution >= 0.6 is 0 Å². The summed E-state index contributed by atoms with van der Waals surface area (Å²) >= 11 is 0. The third-order valence-electron chi connectivity index (χ3n) is 5.43. The Morgan fingerprint density at radius 2 is 1.66 bits per heavy atom. The van der Waals surface area contributed by atoms with E-state index in [0.29, 0.717) is 18.0 Å². The quantitative estimate of drug-likeness (QED) is 0.499. The first-order valence-corrected chi connectivity index (χ1v) is 12.2. The lowest BCUT2D eigenvalue weighted by Crippen LogP contribution is -2.38. The molecule has 0 unspecified atom stereocenters. The Morgan fingerprint density at radius 3 is 2.34 bits per heavy atom. The van der Waals surface area contributed by atoms with Gasteiger partial charge in [0.15, 0.2) is 0 Å². The van der Waals surface area contributed by atoms with Crippen LogP contribution in [0.2, 0.25) is 0 Å². The van der Waals surface area contributed by atoms with Gasteiger partial charge in [-0.05, 0) is 55.3 Å². The maximum absolute atomic E-state index is 12.7. The van der Waals surface area contributed by atoms with Crippen molar-refractivity contribution in [3.8, 4) is 5.75 Å². The van der Waals surface area contributed by atoms with E-state index < -0.39 is 15.9 Å². The lowest BCUT2D eigenvalue weighted by Gasteiger charge is -2.20. The van der Waals surface area contributed by atoms with Gasteiger partial charge in [0.2, 0.25) is 5.91 Å². The third-order valence-corrected chi connectivity index (χ3v) is 6.81. The second-order valence-corrected chi connectivity index (χ2v) is 9.43. The first-order valence-electron chi connectivity index (χ1n) is 10.7. The van der Waals surface area contributed by atoms with E-state index in [-0.39, 0.29) is 28.8 Å². The first kappa shape index (κ1) is 23.6. The van der Waals surface area contributed by atoms with Gasteiger partial charge in [-0.3, -0.25) is 14.3 Å². The van der Waals surface area contributed by atoms with E-state index in [2.05, 4.69) is 15.4 Å². The molecule has 1 saturated carbocycles. The summed E-state index contributed by atoms with van der Waals surface area (Å²) in [7, 11) is -2.34. The molecule has 2 amide bonds. The van der Waals surface area contributed by atoms with Crippen LogP contribution in [0.1, 0.15) is 42.5 Å². The molecule has 3 N–H and O–H groups in total. The molecule has 32 heavy (non-hydrogen) atoms. The Balaban J connectivity index is 1.53. The zero-order chi connectivity index (χ0) is 23.0. The monoisotopic (exact) mass is 459 g/mol. The summed E-state index contributed by atoms with van der Waals surface area (Å²) in [6.45, 7) is 0.594. The van der Waals surface area contributed by atoms with Gasteiger partial charge in [-0.15, -0.1) is 0 Å². The molecule has 0 aromatic heterocycles. The predicted molar refractivity (Wildman–Crippen MR) is 122 cm³/mol. The molecule has 1 aliphatic rings. The minimum Gasteiger partial charge on any atom is -0.497 e. The molecule has 0 spiro atoms. The van der Waals surface area contributed by atoms with Gasteiger partial charge in [-0.25, -0.2) is 8.42 Å². The predicted octanol–water partition coefficient (Wildman–Crippen LogP) is 2.92. The van der Waals surface area contributed by atoms with Gasteiger partial charge in [-0.2, -0.15) is 0 Å². The molecule has 2 aromatic rings. The molecule has 9 heteroatoms. The Hall–Kier alpha value is -3.07. The molecule has 0 aliphatic heterocycles. The van der Waals surface area contributed by atoms with Gasteiger partial charge in [0.1, 0.15) is 5.75 Å². The van der Waals surface area contributed by atoms with E-state index in [1.54, 1.807) is 30.3 Å². The SMILES string of the molecule is COc1ccc(NS(=O)(=O)c2cccc(C(=O)NCCNC(=O)C3CCCCC3)c2)cc1. The average molecular weight is 460 g/mol. The Kier molecular flexibility index (Phi) is 8.10. The zero-order valence-electron chi connectivity index (χ0n) is 18.1. The minimum absolute atomic E-state index is 0.0217. The normalized spacial score (nSPS) is 14.4. The molecule has 0 bridgehead atoms. The highest BCUT2D eigenvalue weighted by atomic mass is 32.2. The topological polar surface area (TPSA) is 114 Å². The van der Waals surface area contributed by atoms with Crippen LogP contribution in [0.5, 0.6) is 5.75 Å². The number of nitrogens with one attached hydrogen (secondary N) is 3. The molecule has 1 aliphatic carbocycles. The van der Waals surface area contributed by atoms with Crippen molar-refractivity contribution in [3.05, 3.63) is 54.1 Å².